The van der Waals surface area contributed by atoms with Crippen molar-refractivity contribution in [3.8, 4) is 5.69 Å². The van der Waals surface area contributed by atoms with Gasteiger partial charge in [0, 0.05) is 17.4 Å². The number of aromatic nitrogens is 1. The Bertz CT molecular complexity index is 820. The zero-order valence-corrected chi connectivity index (χ0v) is 12.0. The third kappa shape index (κ3) is 2.00. The number of aryl methyl sites for hydroxylation is 1. The van der Waals surface area contributed by atoms with Crippen LogP contribution in [0.1, 0.15) is 18.2 Å². The fraction of sp³-hybridized carbons (Fsp3) is 0.176. The molecule has 0 bridgehead atoms. The van der Waals surface area contributed by atoms with E-state index < -0.39 is 0 Å². The summed E-state index contributed by atoms with van der Waals surface area (Å²) in [5.41, 5.74) is 4.21. The number of rotatable bonds is 3. The Kier molecular flexibility index (Phi) is 3.22. The Morgan fingerprint density at radius 2 is 1.81 bits per heavy atom. The quantitative estimate of drug-likeness (QED) is 0.527. The molecule has 3 rings (SSSR count). The number of nitro groups is 1. The Morgan fingerprint density at radius 1 is 1.10 bits per heavy atom. The van der Waals surface area contributed by atoms with E-state index in [9.17, 15) is 10.1 Å². The lowest BCUT2D eigenvalue weighted by Gasteiger charge is -2.09. The minimum atomic E-state index is -0.301. The first-order valence-corrected chi connectivity index (χ1v) is 6.97. The highest BCUT2D eigenvalue weighted by molar-refractivity contribution is 5.94. The van der Waals surface area contributed by atoms with Crippen LogP contribution < -0.4 is 0 Å². The van der Waals surface area contributed by atoms with Gasteiger partial charge in [-0.05, 0) is 37.1 Å². The molecule has 0 unspecified atom stereocenters. The molecule has 3 aromatic rings. The van der Waals surface area contributed by atoms with Crippen molar-refractivity contribution in [1.82, 2.24) is 4.57 Å². The molecule has 21 heavy (non-hydrogen) atoms. The summed E-state index contributed by atoms with van der Waals surface area (Å²) in [6, 6.07) is 15.2. The molecule has 106 valence electrons. The second-order valence-electron chi connectivity index (χ2n) is 5.02. The number of para-hydroxylation sites is 1. The lowest BCUT2D eigenvalue weighted by Crippen LogP contribution is -1.99. The van der Waals surface area contributed by atoms with Gasteiger partial charge < -0.3 is 4.57 Å². The summed E-state index contributed by atoms with van der Waals surface area (Å²) < 4.78 is 2.12. The monoisotopic (exact) mass is 280 g/mol. The van der Waals surface area contributed by atoms with Gasteiger partial charge in [0.1, 0.15) is 0 Å². The van der Waals surface area contributed by atoms with E-state index in [1.165, 1.54) is 0 Å². The summed E-state index contributed by atoms with van der Waals surface area (Å²) in [4.78, 5) is 11.0. The second kappa shape index (κ2) is 5.05. The fourth-order valence-corrected chi connectivity index (χ4v) is 3.00. The van der Waals surface area contributed by atoms with Crippen molar-refractivity contribution in [2.24, 2.45) is 0 Å². The largest absolute Gasteiger partial charge is 0.313 e. The third-order valence-corrected chi connectivity index (χ3v) is 3.89. The van der Waals surface area contributed by atoms with E-state index in [1.54, 1.807) is 12.1 Å². The van der Waals surface area contributed by atoms with Gasteiger partial charge >= 0.3 is 0 Å². The Hall–Kier alpha value is -2.62. The zero-order chi connectivity index (χ0) is 15.0. The minimum Gasteiger partial charge on any atom is -0.313 e. The molecule has 2 aromatic carbocycles. The zero-order valence-electron chi connectivity index (χ0n) is 12.0. The maximum atomic E-state index is 11.3. The van der Waals surface area contributed by atoms with Gasteiger partial charge in [-0.1, -0.05) is 31.2 Å². The highest BCUT2D eigenvalue weighted by Gasteiger charge is 2.21. The summed E-state index contributed by atoms with van der Waals surface area (Å²) in [7, 11) is 0. The summed E-state index contributed by atoms with van der Waals surface area (Å²) in [6.45, 7) is 4.04. The van der Waals surface area contributed by atoms with Crippen molar-refractivity contribution < 1.29 is 4.92 Å². The Labute approximate surface area is 122 Å². The van der Waals surface area contributed by atoms with Crippen LogP contribution >= 0.6 is 0 Å². The molecular weight excluding hydrogens is 264 g/mol. The van der Waals surface area contributed by atoms with E-state index in [-0.39, 0.29) is 10.6 Å². The summed E-state index contributed by atoms with van der Waals surface area (Å²) in [5, 5.41) is 12.0. The molecule has 0 radical (unpaired) electrons. The number of benzene rings is 2. The average Bonchev–Trinajstić information content (AvgIpc) is 2.80. The predicted octanol–water partition coefficient (Wildman–Crippen LogP) is 4.41. The predicted molar refractivity (Wildman–Crippen MR) is 84.0 cm³/mol. The Morgan fingerprint density at radius 3 is 2.43 bits per heavy atom. The Balaban J connectivity index is 2.45. The standard InChI is InChI=1S/C17H16N2O2/c1-3-14-12(2)17-15(10-7-11-16(17)19(20)21)18(14)13-8-5-4-6-9-13/h4-11H,3H2,1-2H3. The molecule has 0 saturated carbocycles. The molecule has 0 saturated heterocycles. The van der Waals surface area contributed by atoms with Crippen molar-refractivity contribution in [2.75, 3.05) is 0 Å². The fourth-order valence-electron chi connectivity index (χ4n) is 3.00. The smallest absolute Gasteiger partial charge is 0.279 e. The first-order chi connectivity index (χ1) is 10.1. The number of nitro benzene ring substituents is 1. The SMILES string of the molecule is CCc1c(C)c2c([N+](=O)[O-])cccc2n1-c1ccccc1. The highest BCUT2D eigenvalue weighted by Crippen LogP contribution is 2.35. The molecule has 1 heterocycles. The molecule has 0 spiro atoms. The van der Waals surface area contributed by atoms with Gasteiger partial charge in [-0.2, -0.15) is 0 Å². The number of hydrogen-bond acceptors (Lipinski definition) is 2. The van der Waals surface area contributed by atoms with Crippen LogP contribution in [0.3, 0.4) is 0 Å². The summed E-state index contributed by atoms with van der Waals surface area (Å²) in [5.74, 6) is 0. The highest BCUT2D eigenvalue weighted by atomic mass is 16.6. The summed E-state index contributed by atoms with van der Waals surface area (Å²) in [6.07, 6.45) is 0.826. The maximum absolute atomic E-state index is 11.3. The molecule has 0 aliphatic carbocycles. The van der Waals surface area contributed by atoms with E-state index in [1.807, 2.05) is 43.3 Å². The molecule has 0 atom stereocenters. The first-order valence-electron chi connectivity index (χ1n) is 6.97. The van der Waals surface area contributed by atoms with Crippen molar-refractivity contribution in [2.45, 2.75) is 20.3 Å². The van der Waals surface area contributed by atoms with Gasteiger partial charge in [-0.3, -0.25) is 10.1 Å². The number of fused-ring (bicyclic) bond motifs is 1. The van der Waals surface area contributed by atoms with Gasteiger partial charge in [0.05, 0.1) is 15.8 Å². The molecule has 4 nitrogen and oxygen atoms in total. The molecule has 1 aromatic heterocycles. The van der Waals surface area contributed by atoms with Gasteiger partial charge in [-0.25, -0.2) is 0 Å². The molecule has 0 N–H and O–H groups in total. The van der Waals surface area contributed by atoms with Crippen LogP contribution in [0.25, 0.3) is 16.6 Å². The minimum absolute atomic E-state index is 0.175. The first kappa shape index (κ1) is 13.4. The van der Waals surface area contributed by atoms with Crippen LogP contribution in [0.15, 0.2) is 48.5 Å². The van der Waals surface area contributed by atoms with Crippen LogP contribution in [0.4, 0.5) is 5.69 Å². The van der Waals surface area contributed by atoms with E-state index in [0.29, 0.717) is 0 Å². The molecule has 0 amide bonds. The van der Waals surface area contributed by atoms with Gasteiger partial charge in [0.2, 0.25) is 0 Å². The van der Waals surface area contributed by atoms with E-state index in [2.05, 4.69) is 11.5 Å². The maximum Gasteiger partial charge on any atom is 0.279 e. The third-order valence-electron chi connectivity index (χ3n) is 3.89. The van der Waals surface area contributed by atoms with Crippen LogP contribution in [0.2, 0.25) is 0 Å². The van der Waals surface area contributed by atoms with Crippen molar-refractivity contribution in [3.63, 3.8) is 0 Å². The number of nitrogens with zero attached hydrogens (tertiary/aromatic N) is 2. The van der Waals surface area contributed by atoms with Crippen LogP contribution in [0, 0.1) is 17.0 Å². The summed E-state index contributed by atoms with van der Waals surface area (Å²) >= 11 is 0. The molecule has 4 heteroatoms. The van der Waals surface area contributed by atoms with E-state index >= 15 is 0 Å². The van der Waals surface area contributed by atoms with E-state index in [4.69, 9.17) is 0 Å². The van der Waals surface area contributed by atoms with Gasteiger partial charge in [0.25, 0.3) is 5.69 Å². The molecule has 0 fully saturated rings. The van der Waals surface area contributed by atoms with Gasteiger partial charge in [-0.15, -0.1) is 0 Å². The topological polar surface area (TPSA) is 48.1 Å². The van der Waals surface area contributed by atoms with E-state index in [0.717, 1.165) is 34.3 Å². The molecule has 0 aliphatic heterocycles. The van der Waals surface area contributed by atoms with Crippen molar-refractivity contribution in [1.29, 1.82) is 0 Å². The average molecular weight is 280 g/mol. The normalized spacial score (nSPS) is 11.0. The molecular formula is C17H16N2O2. The lowest BCUT2D eigenvalue weighted by molar-refractivity contribution is -0.383. The van der Waals surface area contributed by atoms with Crippen LogP contribution in [-0.4, -0.2) is 9.49 Å². The van der Waals surface area contributed by atoms with Crippen LogP contribution in [-0.2, 0) is 6.42 Å². The van der Waals surface area contributed by atoms with Gasteiger partial charge in [0.15, 0.2) is 0 Å². The second-order valence-corrected chi connectivity index (χ2v) is 5.02. The van der Waals surface area contributed by atoms with Crippen LogP contribution in [0.5, 0.6) is 0 Å². The molecule has 0 aliphatic rings. The van der Waals surface area contributed by atoms with Crippen molar-refractivity contribution in [3.05, 3.63) is 69.9 Å². The number of hydrogen-bond donors (Lipinski definition) is 0. The lowest BCUT2D eigenvalue weighted by atomic mass is 10.1. The van der Waals surface area contributed by atoms with Crippen molar-refractivity contribution >= 4 is 16.6 Å². The number of non-ortho nitro benzene ring substituents is 1.